The van der Waals surface area contributed by atoms with Gasteiger partial charge in [-0.2, -0.15) is 0 Å². The summed E-state index contributed by atoms with van der Waals surface area (Å²) in [5.41, 5.74) is 3.84. The van der Waals surface area contributed by atoms with Crippen molar-refractivity contribution in [1.82, 2.24) is 29.7 Å². The van der Waals surface area contributed by atoms with Crippen molar-refractivity contribution in [2.24, 2.45) is 0 Å². The number of hydrogen-bond acceptors (Lipinski definition) is 9. The molecule has 1 aliphatic rings. The van der Waals surface area contributed by atoms with Crippen LogP contribution in [0.25, 0.3) is 21.5 Å². The van der Waals surface area contributed by atoms with Crippen LogP contribution in [0, 0.1) is 5.82 Å². The Morgan fingerprint density at radius 1 is 1.12 bits per heavy atom. The van der Waals surface area contributed by atoms with Gasteiger partial charge in [-0.05, 0) is 26.0 Å². The molecule has 11 heteroatoms. The van der Waals surface area contributed by atoms with Gasteiger partial charge in [-0.25, -0.2) is 24.3 Å². The lowest BCUT2D eigenvalue weighted by Gasteiger charge is -2.36. The molecule has 0 aliphatic carbocycles. The van der Waals surface area contributed by atoms with E-state index in [2.05, 4.69) is 44.0 Å². The van der Waals surface area contributed by atoms with Gasteiger partial charge in [0.05, 0.1) is 21.9 Å². The van der Waals surface area contributed by atoms with E-state index in [4.69, 9.17) is 0 Å². The summed E-state index contributed by atoms with van der Waals surface area (Å²) in [4.78, 5) is 34.1. The first-order valence-corrected chi connectivity index (χ1v) is 12.4. The summed E-state index contributed by atoms with van der Waals surface area (Å²) in [5, 5.41) is 5.21. The normalized spacial score (nSPS) is 14.8. The van der Waals surface area contributed by atoms with E-state index in [9.17, 15) is 9.18 Å². The third-order valence-electron chi connectivity index (χ3n) is 5.62. The molecule has 0 atom stereocenters. The first-order chi connectivity index (χ1) is 16.0. The molecule has 1 saturated heterocycles. The zero-order chi connectivity index (χ0) is 22.9. The fraction of sp³-hybridized carbons (Fsp3) is 0.318. The number of benzene rings is 1. The van der Waals surface area contributed by atoms with E-state index in [1.54, 1.807) is 17.0 Å². The van der Waals surface area contributed by atoms with E-state index in [1.165, 1.54) is 22.7 Å². The summed E-state index contributed by atoms with van der Waals surface area (Å²) < 4.78 is 15.4. The van der Waals surface area contributed by atoms with Crippen molar-refractivity contribution in [3.63, 3.8) is 0 Å². The number of anilines is 2. The number of piperazine rings is 1. The standard InChI is InChI=1S/C22H22FN7OS2/c1-13(2)29-5-7-30(8-6-29)20(31)17-11-32-22(26-17)28-21-24-10-15(23)19(27-21)14-3-4-16-18(9-14)33-12-25-16/h3-4,9-13H,5-8H2,1-2H3,(H,24,26,27,28). The molecule has 3 aromatic heterocycles. The van der Waals surface area contributed by atoms with Crippen LogP contribution in [0.3, 0.4) is 0 Å². The van der Waals surface area contributed by atoms with Crippen LogP contribution in [0.1, 0.15) is 24.3 Å². The molecule has 8 nitrogen and oxygen atoms in total. The molecule has 4 aromatic rings. The highest BCUT2D eigenvalue weighted by Crippen LogP contribution is 2.28. The number of rotatable bonds is 5. The number of nitrogens with zero attached hydrogens (tertiary/aromatic N) is 6. The SMILES string of the molecule is CC(C)N1CCN(C(=O)c2csc(Nc3ncc(F)c(-c4ccc5ncsc5c4)n3)n2)CC1. The van der Waals surface area contributed by atoms with Crippen molar-refractivity contribution in [3.05, 3.63) is 46.8 Å². The number of nitrogens with one attached hydrogen (secondary N) is 1. The fourth-order valence-electron chi connectivity index (χ4n) is 3.76. The molecule has 0 spiro atoms. The minimum atomic E-state index is -0.514. The molecule has 1 aliphatic heterocycles. The van der Waals surface area contributed by atoms with Crippen molar-refractivity contribution >= 4 is 49.9 Å². The Bertz CT molecular complexity index is 1300. The van der Waals surface area contributed by atoms with E-state index in [-0.39, 0.29) is 17.5 Å². The minimum absolute atomic E-state index is 0.0821. The molecule has 0 saturated carbocycles. The molecule has 0 unspecified atom stereocenters. The summed E-state index contributed by atoms with van der Waals surface area (Å²) in [5.74, 6) is -0.379. The van der Waals surface area contributed by atoms with Gasteiger partial charge in [0.2, 0.25) is 5.95 Å². The molecule has 1 aromatic carbocycles. The van der Waals surface area contributed by atoms with Crippen molar-refractivity contribution in [2.75, 3.05) is 31.5 Å². The highest BCUT2D eigenvalue weighted by Gasteiger charge is 2.25. The second-order valence-corrected chi connectivity index (χ2v) is 9.75. The van der Waals surface area contributed by atoms with Gasteiger partial charge < -0.3 is 10.2 Å². The zero-order valence-corrected chi connectivity index (χ0v) is 19.8. The lowest BCUT2D eigenvalue weighted by molar-refractivity contribution is 0.0591. The quantitative estimate of drug-likeness (QED) is 0.454. The molecule has 4 heterocycles. The Kier molecular flexibility index (Phi) is 6.00. The first kappa shape index (κ1) is 21.8. The Morgan fingerprint density at radius 3 is 2.73 bits per heavy atom. The van der Waals surface area contributed by atoms with Crippen LogP contribution >= 0.6 is 22.7 Å². The van der Waals surface area contributed by atoms with Gasteiger partial charge in [0.25, 0.3) is 5.91 Å². The average molecular weight is 484 g/mol. The van der Waals surface area contributed by atoms with Gasteiger partial charge in [-0.1, -0.05) is 6.07 Å². The molecule has 5 rings (SSSR count). The van der Waals surface area contributed by atoms with Crippen LogP contribution in [0.2, 0.25) is 0 Å². The summed E-state index contributed by atoms with van der Waals surface area (Å²) in [7, 11) is 0. The Hall–Kier alpha value is -3.02. The molecular formula is C22H22FN7OS2. The maximum Gasteiger partial charge on any atom is 0.273 e. The van der Waals surface area contributed by atoms with Crippen LogP contribution in [0.4, 0.5) is 15.5 Å². The van der Waals surface area contributed by atoms with Crippen LogP contribution < -0.4 is 5.32 Å². The minimum Gasteiger partial charge on any atom is -0.335 e. The van der Waals surface area contributed by atoms with Crippen LogP contribution in [0.15, 0.2) is 35.3 Å². The Balaban J connectivity index is 1.30. The van der Waals surface area contributed by atoms with E-state index in [1.807, 2.05) is 17.0 Å². The maximum atomic E-state index is 14.5. The van der Waals surface area contributed by atoms with Crippen molar-refractivity contribution in [3.8, 4) is 11.3 Å². The molecule has 1 fully saturated rings. The molecule has 1 amide bonds. The predicted octanol–water partition coefficient (Wildman–Crippen LogP) is 4.26. The Labute approximate surface area is 198 Å². The van der Waals surface area contributed by atoms with Crippen LogP contribution in [-0.4, -0.2) is 67.9 Å². The predicted molar refractivity (Wildman–Crippen MR) is 129 cm³/mol. The third-order valence-corrected chi connectivity index (χ3v) is 7.17. The molecule has 0 radical (unpaired) electrons. The summed E-state index contributed by atoms with van der Waals surface area (Å²) in [6, 6.07) is 5.97. The topological polar surface area (TPSA) is 87.1 Å². The number of amides is 1. The number of thiazole rings is 2. The fourth-order valence-corrected chi connectivity index (χ4v) is 5.15. The number of halogens is 1. The molecule has 1 N–H and O–H groups in total. The van der Waals surface area contributed by atoms with Gasteiger partial charge >= 0.3 is 0 Å². The number of hydrogen-bond donors (Lipinski definition) is 1. The van der Waals surface area contributed by atoms with Gasteiger partial charge in [-0.3, -0.25) is 9.69 Å². The van der Waals surface area contributed by atoms with Crippen molar-refractivity contribution < 1.29 is 9.18 Å². The lowest BCUT2D eigenvalue weighted by Crippen LogP contribution is -2.50. The molecular weight excluding hydrogens is 461 g/mol. The number of carbonyl (C=O) groups is 1. The molecule has 170 valence electrons. The second kappa shape index (κ2) is 9.08. The smallest absolute Gasteiger partial charge is 0.273 e. The van der Waals surface area contributed by atoms with Gasteiger partial charge in [0, 0.05) is 43.2 Å². The summed E-state index contributed by atoms with van der Waals surface area (Å²) >= 11 is 2.78. The molecule has 0 bridgehead atoms. The lowest BCUT2D eigenvalue weighted by atomic mass is 10.1. The monoisotopic (exact) mass is 483 g/mol. The van der Waals surface area contributed by atoms with Gasteiger partial charge in [0.15, 0.2) is 10.9 Å². The maximum absolute atomic E-state index is 14.5. The van der Waals surface area contributed by atoms with Crippen molar-refractivity contribution in [1.29, 1.82) is 0 Å². The highest BCUT2D eigenvalue weighted by molar-refractivity contribution is 7.16. The Morgan fingerprint density at radius 2 is 1.94 bits per heavy atom. The summed E-state index contributed by atoms with van der Waals surface area (Å²) in [6.45, 7) is 7.42. The largest absolute Gasteiger partial charge is 0.335 e. The zero-order valence-electron chi connectivity index (χ0n) is 18.2. The average Bonchev–Trinajstić information content (AvgIpc) is 3.49. The first-order valence-electron chi connectivity index (χ1n) is 10.6. The number of carbonyl (C=O) groups excluding carboxylic acids is 1. The second-order valence-electron chi connectivity index (χ2n) is 8.01. The number of fused-ring (bicyclic) bond motifs is 1. The van der Waals surface area contributed by atoms with Gasteiger partial charge in [0.1, 0.15) is 11.4 Å². The van der Waals surface area contributed by atoms with E-state index in [0.29, 0.717) is 35.5 Å². The summed E-state index contributed by atoms with van der Waals surface area (Å²) in [6.07, 6.45) is 1.13. The van der Waals surface area contributed by atoms with E-state index >= 15 is 0 Å². The van der Waals surface area contributed by atoms with Crippen molar-refractivity contribution in [2.45, 2.75) is 19.9 Å². The van der Waals surface area contributed by atoms with Crippen LogP contribution in [-0.2, 0) is 0 Å². The third kappa shape index (κ3) is 4.56. The van der Waals surface area contributed by atoms with E-state index in [0.717, 1.165) is 29.5 Å². The molecule has 33 heavy (non-hydrogen) atoms. The number of aromatic nitrogens is 4. The van der Waals surface area contributed by atoms with Crippen LogP contribution in [0.5, 0.6) is 0 Å². The van der Waals surface area contributed by atoms with Gasteiger partial charge in [-0.15, -0.1) is 22.7 Å². The highest BCUT2D eigenvalue weighted by atomic mass is 32.1. The van der Waals surface area contributed by atoms with E-state index < -0.39 is 5.82 Å².